The van der Waals surface area contributed by atoms with Gasteiger partial charge in [0.25, 0.3) is 0 Å². The fourth-order valence-electron chi connectivity index (χ4n) is 3.40. The Balaban J connectivity index is 1.80. The van der Waals surface area contributed by atoms with E-state index in [0.29, 0.717) is 5.92 Å². The number of hydrogen-bond donors (Lipinski definition) is 1. The minimum Gasteiger partial charge on any atom is -0.369 e. The highest BCUT2D eigenvalue weighted by Gasteiger charge is 2.24. The molecule has 0 spiro atoms. The number of hydrogen-bond acceptors (Lipinski definition) is 3. The Bertz CT molecular complexity index is 849. The van der Waals surface area contributed by atoms with Crippen LogP contribution < -0.4 is 5.32 Å². The molecule has 0 saturated carbocycles. The van der Waals surface area contributed by atoms with E-state index in [0.717, 1.165) is 36.6 Å². The molecule has 0 fully saturated rings. The number of nitrogens with zero attached hydrogens (tertiary/aromatic N) is 3. The average Bonchev–Trinajstić information content (AvgIpc) is 3.20. The predicted octanol–water partition coefficient (Wildman–Crippen LogP) is 3.95. The summed E-state index contributed by atoms with van der Waals surface area (Å²) in [6, 6.07) is 14.6. The molecular formula is C20H22N4. The van der Waals surface area contributed by atoms with Gasteiger partial charge in [0.15, 0.2) is 0 Å². The molecule has 3 aromatic rings. The highest BCUT2D eigenvalue weighted by Crippen LogP contribution is 2.32. The van der Waals surface area contributed by atoms with Gasteiger partial charge in [-0.2, -0.15) is 5.10 Å². The first-order chi connectivity index (χ1) is 11.7. The molecule has 0 bridgehead atoms. The van der Waals surface area contributed by atoms with Crippen LogP contribution in [0.25, 0.3) is 5.69 Å². The van der Waals surface area contributed by atoms with Crippen molar-refractivity contribution in [2.45, 2.75) is 32.6 Å². The third-order valence-electron chi connectivity index (χ3n) is 4.60. The first-order valence-corrected chi connectivity index (χ1v) is 8.58. The van der Waals surface area contributed by atoms with Gasteiger partial charge in [-0.25, -0.2) is 4.68 Å². The van der Waals surface area contributed by atoms with Crippen molar-refractivity contribution in [1.29, 1.82) is 0 Å². The van der Waals surface area contributed by atoms with Gasteiger partial charge >= 0.3 is 0 Å². The lowest BCUT2D eigenvalue weighted by atomic mass is 10.0. The molecule has 0 saturated heterocycles. The summed E-state index contributed by atoms with van der Waals surface area (Å²) in [6.45, 7) is 5.43. The normalized spacial score (nSPS) is 13.1. The van der Waals surface area contributed by atoms with E-state index in [9.17, 15) is 0 Å². The summed E-state index contributed by atoms with van der Waals surface area (Å²) in [4.78, 5) is 4.46. The van der Waals surface area contributed by atoms with E-state index in [1.165, 1.54) is 16.8 Å². The van der Waals surface area contributed by atoms with Crippen molar-refractivity contribution in [3.63, 3.8) is 0 Å². The lowest BCUT2D eigenvalue weighted by Gasteiger charge is -2.14. The van der Waals surface area contributed by atoms with Gasteiger partial charge in [-0.15, -0.1) is 0 Å². The highest BCUT2D eigenvalue weighted by atomic mass is 15.3. The van der Waals surface area contributed by atoms with Crippen molar-refractivity contribution < 1.29 is 0 Å². The van der Waals surface area contributed by atoms with Crippen LogP contribution in [0.4, 0.5) is 5.82 Å². The SMILES string of the molecule is CC(C)c1ccccc1-n1nc(Cc2ccccn2)c2c1NCC2. The Labute approximate surface area is 142 Å². The van der Waals surface area contributed by atoms with E-state index >= 15 is 0 Å². The number of nitrogens with one attached hydrogen (secondary N) is 1. The third kappa shape index (κ3) is 2.58. The summed E-state index contributed by atoms with van der Waals surface area (Å²) in [7, 11) is 0. The summed E-state index contributed by atoms with van der Waals surface area (Å²) < 4.78 is 2.09. The average molecular weight is 318 g/mol. The molecule has 24 heavy (non-hydrogen) atoms. The van der Waals surface area contributed by atoms with Crippen molar-refractivity contribution in [2.24, 2.45) is 0 Å². The zero-order valence-corrected chi connectivity index (χ0v) is 14.2. The van der Waals surface area contributed by atoms with Gasteiger partial charge in [0, 0.05) is 30.4 Å². The predicted molar refractivity (Wildman–Crippen MR) is 96.9 cm³/mol. The molecule has 0 atom stereocenters. The third-order valence-corrected chi connectivity index (χ3v) is 4.60. The van der Waals surface area contributed by atoms with Gasteiger partial charge in [-0.3, -0.25) is 4.98 Å². The Morgan fingerprint density at radius 3 is 2.75 bits per heavy atom. The number of para-hydroxylation sites is 1. The van der Waals surface area contributed by atoms with Crippen molar-refractivity contribution in [3.8, 4) is 5.69 Å². The maximum absolute atomic E-state index is 4.95. The standard InChI is InChI=1S/C20H22N4/c1-14(2)16-8-3-4-9-19(16)24-20-17(10-12-22-20)18(23-24)13-15-7-5-6-11-21-15/h3-9,11,14,22H,10,12-13H2,1-2H3. The zero-order valence-electron chi connectivity index (χ0n) is 14.2. The largest absolute Gasteiger partial charge is 0.369 e. The molecule has 1 N–H and O–H groups in total. The summed E-state index contributed by atoms with van der Waals surface area (Å²) >= 11 is 0. The summed E-state index contributed by atoms with van der Waals surface area (Å²) in [6.07, 6.45) is 3.65. The molecule has 0 radical (unpaired) electrons. The fourth-order valence-corrected chi connectivity index (χ4v) is 3.40. The van der Waals surface area contributed by atoms with E-state index in [1.807, 2.05) is 18.3 Å². The molecule has 0 unspecified atom stereocenters. The van der Waals surface area contributed by atoms with E-state index < -0.39 is 0 Å². The Kier molecular flexibility index (Phi) is 3.81. The number of anilines is 1. The molecule has 1 aromatic carbocycles. The van der Waals surface area contributed by atoms with Crippen LogP contribution in [0, 0.1) is 0 Å². The number of fused-ring (bicyclic) bond motifs is 1. The zero-order chi connectivity index (χ0) is 16.5. The monoisotopic (exact) mass is 318 g/mol. The number of rotatable bonds is 4. The van der Waals surface area contributed by atoms with Crippen molar-refractivity contribution in [3.05, 3.63) is 71.2 Å². The van der Waals surface area contributed by atoms with Crippen LogP contribution in [0.1, 0.15) is 42.3 Å². The molecule has 4 nitrogen and oxygen atoms in total. The second-order valence-corrected chi connectivity index (χ2v) is 6.57. The number of benzene rings is 1. The molecule has 1 aliphatic heterocycles. The van der Waals surface area contributed by atoms with E-state index in [4.69, 9.17) is 5.10 Å². The molecule has 1 aliphatic rings. The van der Waals surface area contributed by atoms with Crippen LogP contribution in [-0.2, 0) is 12.8 Å². The molecule has 2 aromatic heterocycles. The highest BCUT2D eigenvalue weighted by molar-refractivity contribution is 5.59. The number of aromatic nitrogens is 3. The van der Waals surface area contributed by atoms with Crippen LogP contribution in [0.2, 0.25) is 0 Å². The van der Waals surface area contributed by atoms with Crippen LogP contribution in [0.15, 0.2) is 48.7 Å². The van der Waals surface area contributed by atoms with Crippen LogP contribution in [0.5, 0.6) is 0 Å². The van der Waals surface area contributed by atoms with Crippen LogP contribution in [-0.4, -0.2) is 21.3 Å². The van der Waals surface area contributed by atoms with E-state index in [-0.39, 0.29) is 0 Å². The van der Waals surface area contributed by atoms with Crippen LogP contribution >= 0.6 is 0 Å². The number of pyridine rings is 1. The maximum atomic E-state index is 4.95. The van der Waals surface area contributed by atoms with Gasteiger partial charge in [-0.05, 0) is 36.1 Å². The first-order valence-electron chi connectivity index (χ1n) is 8.58. The molecule has 3 heterocycles. The second-order valence-electron chi connectivity index (χ2n) is 6.57. The summed E-state index contributed by atoms with van der Waals surface area (Å²) in [5.41, 5.74) is 6.02. The van der Waals surface area contributed by atoms with Gasteiger partial charge in [0.2, 0.25) is 0 Å². The van der Waals surface area contributed by atoms with Crippen LogP contribution in [0.3, 0.4) is 0 Å². The van der Waals surface area contributed by atoms with Gasteiger partial charge in [0.1, 0.15) is 5.82 Å². The van der Waals surface area contributed by atoms with Crippen molar-refractivity contribution in [1.82, 2.24) is 14.8 Å². The van der Waals surface area contributed by atoms with Gasteiger partial charge in [0.05, 0.1) is 11.4 Å². The molecule has 4 heteroatoms. The molecule has 122 valence electrons. The molecule has 4 rings (SSSR count). The second kappa shape index (κ2) is 6.11. The quantitative estimate of drug-likeness (QED) is 0.792. The lowest BCUT2D eigenvalue weighted by Crippen LogP contribution is -2.08. The minimum atomic E-state index is 0.460. The van der Waals surface area contributed by atoms with Crippen molar-refractivity contribution in [2.75, 3.05) is 11.9 Å². The van der Waals surface area contributed by atoms with E-state index in [1.54, 1.807) is 0 Å². The molecular weight excluding hydrogens is 296 g/mol. The summed E-state index contributed by atoms with van der Waals surface area (Å²) in [5.74, 6) is 1.61. The smallest absolute Gasteiger partial charge is 0.133 e. The van der Waals surface area contributed by atoms with Gasteiger partial charge < -0.3 is 5.32 Å². The Morgan fingerprint density at radius 2 is 1.96 bits per heavy atom. The minimum absolute atomic E-state index is 0.460. The molecule has 0 aliphatic carbocycles. The topological polar surface area (TPSA) is 42.7 Å². The molecule has 0 amide bonds. The van der Waals surface area contributed by atoms with E-state index in [2.05, 4.69) is 59.2 Å². The Morgan fingerprint density at radius 1 is 1.12 bits per heavy atom. The van der Waals surface area contributed by atoms with Crippen molar-refractivity contribution >= 4 is 5.82 Å². The first kappa shape index (κ1) is 14.9. The summed E-state index contributed by atoms with van der Waals surface area (Å²) in [5, 5.41) is 8.47. The Hall–Kier alpha value is -2.62. The fraction of sp³-hybridized carbons (Fsp3) is 0.300. The maximum Gasteiger partial charge on any atom is 0.133 e. The lowest BCUT2D eigenvalue weighted by molar-refractivity contribution is 0.793. The van der Waals surface area contributed by atoms with Gasteiger partial charge in [-0.1, -0.05) is 38.1 Å².